The normalized spacial score (nSPS) is 12.6. The van der Waals surface area contributed by atoms with Crippen molar-refractivity contribution in [2.45, 2.75) is 32.5 Å². The molecule has 0 amide bonds. The fourth-order valence-electron chi connectivity index (χ4n) is 1.85. The van der Waals surface area contributed by atoms with Gasteiger partial charge in [-0.25, -0.2) is 0 Å². The van der Waals surface area contributed by atoms with Crippen LogP contribution in [0.3, 0.4) is 0 Å². The molecule has 0 heterocycles. The van der Waals surface area contributed by atoms with Crippen LogP contribution in [0.25, 0.3) is 0 Å². The van der Waals surface area contributed by atoms with Crippen molar-refractivity contribution >= 4 is 0 Å². The first kappa shape index (κ1) is 15.7. The third-order valence-corrected chi connectivity index (χ3v) is 2.90. The molecule has 0 aliphatic carbocycles. The fraction of sp³-hybridized carbons (Fsp3) is 0.500. The monoisotopic (exact) mass is 261 g/mol. The zero-order valence-corrected chi connectivity index (χ0v) is 11.7. The lowest BCUT2D eigenvalue weighted by Crippen LogP contribution is -2.38. The summed E-state index contributed by atoms with van der Waals surface area (Å²) in [5.74, 6) is 2.39. The molecule has 1 aromatic carbocycles. The molecule has 0 fully saturated rings. The number of nitrogens with zero attached hydrogens (tertiary/aromatic N) is 1. The predicted molar refractivity (Wildman–Crippen MR) is 77.6 cm³/mol. The van der Waals surface area contributed by atoms with Gasteiger partial charge >= 0.3 is 0 Å². The molecule has 0 bridgehead atoms. The van der Waals surface area contributed by atoms with E-state index >= 15 is 0 Å². The van der Waals surface area contributed by atoms with Crippen molar-refractivity contribution in [1.29, 1.82) is 0 Å². The Hall–Kier alpha value is -1.34. The Balaban J connectivity index is 2.47. The minimum Gasteiger partial charge on any atom is -0.389 e. The minimum atomic E-state index is -0.514. The van der Waals surface area contributed by atoms with E-state index in [0.29, 0.717) is 12.6 Å². The van der Waals surface area contributed by atoms with Crippen molar-refractivity contribution in [3.05, 3.63) is 35.9 Å². The number of rotatable bonds is 8. The van der Waals surface area contributed by atoms with Crippen LogP contribution >= 0.6 is 0 Å². The number of aliphatic hydroxyl groups is 1. The number of terminal acetylenes is 1. The molecule has 19 heavy (non-hydrogen) atoms. The molecule has 104 valence electrons. The first-order valence-electron chi connectivity index (χ1n) is 6.60. The molecule has 3 nitrogen and oxygen atoms in total. The molecular formula is C16H23NO2. The lowest BCUT2D eigenvalue weighted by Gasteiger charge is -2.28. The molecular weight excluding hydrogens is 238 g/mol. The Labute approximate surface area is 116 Å². The van der Waals surface area contributed by atoms with Crippen LogP contribution in [0.2, 0.25) is 0 Å². The lowest BCUT2D eigenvalue weighted by molar-refractivity contribution is 0.0192. The van der Waals surface area contributed by atoms with Crippen LogP contribution in [0, 0.1) is 12.3 Å². The molecule has 1 aromatic rings. The number of hydrogen-bond donors (Lipinski definition) is 1. The van der Waals surface area contributed by atoms with E-state index in [1.807, 2.05) is 18.2 Å². The topological polar surface area (TPSA) is 32.7 Å². The van der Waals surface area contributed by atoms with Crippen molar-refractivity contribution in [2.24, 2.45) is 0 Å². The van der Waals surface area contributed by atoms with Gasteiger partial charge in [-0.15, -0.1) is 6.42 Å². The molecule has 0 aromatic heterocycles. The van der Waals surface area contributed by atoms with Crippen molar-refractivity contribution in [1.82, 2.24) is 4.90 Å². The van der Waals surface area contributed by atoms with E-state index in [2.05, 4.69) is 36.8 Å². The van der Waals surface area contributed by atoms with Gasteiger partial charge in [0.05, 0.1) is 12.7 Å². The summed E-state index contributed by atoms with van der Waals surface area (Å²) < 4.78 is 5.16. The molecule has 0 aliphatic rings. The molecule has 0 unspecified atom stereocenters. The highest BCUT2D eigenvalue weighted by Crippen LogP contribution is 2.09. The molecule has 0 saturated carbocycles. The van der Waals surface area contributed by atoms with Crippen LogP contribution in [0.15, 0.2) is 30.3 Å². The molecule has 1 atom stereocenters. The number of ether oxygens (including phenoxy) is 1. The zero-order chi connectivity index (χ0) is 14.1. The van der Waals surface area contributed by atoms with Gasteiger partial charge in [0.25, 0.3) is 0 Å². The number of benzene rings is 1. The maximum Gasteiger partial charge on any atom is 0.107 e. The van der Waals surface area contributed by atoms with Gasteiger partial charge in [0.2, 0.25) is 0 Å². The van der Waals surface area contributed by atoms with Crippen molar-refractivity contribution in [3.63, 3.8) is 0 Å². The van der Waals surface area contributed by atoms with E-state index in [9.17, 15) is 5.11 Å². The summed E-state index contributed by atoms with van der Waals surface area (Å²) in [5.41, 5.74) is 1.24. The molecule has 1 rings (SSSR count). The Morgan fingerprint density at radius 2 is 2.00 bits per heavy atom. The van der Waals surface area contributed by atoms with Crippen molar-refractivity contribution < 1.29 is 9.84 Å². The Bertz CT molecular complexity index is 383. The van der Waals surface area contributed by atoms with E-state index in [4.69, 9.17) is 11.2 Å². The van der Waals surface area contributed by atoms with E-state index < -0.39 is 6.10 Å². The minimum absolute atomic E-state index is 0.247. The zero-order valence-electron chi connectivity index (χ0n) is 11.7. The van der Waals surface area contributed by atoms with E-state index in [0.717, 1.165) is 6.54 Å². The Morgan fingerprint density at radius 1 is 1.32 bits per heavy atom. The van der Waals surface area contributed by atoms with Crippen molar-refractivity contribution in [3.8, 4) is 12.3 Å². The second-order valence-corrected chi connectivity index (χ2v) is 4.88. The van der Waals surface area contributed by atoms with Gasteiger partial charge < -0.3 is 9.84 Å². The van der Waals surface area contributed by atoms with Gasteiger partial charge in [0.15, 0.2) is 0 Å². The summed E-state index contributed by atoms with van der Waals surface area (Å²) in [4.78, 5) is 2.22. The van der Waals surface area contributed by atoms with E-state index in [1.54, 1.807) is 0 Å². The summed E-state index contributed by atoms with van der Waals surface area (Å²) in [6.07, 6.45) is 4.58. The highest BCUT2D eigenvalue weighted by Gasteiger charge is 2.15. The third kappa shape index (κ3) is 6.40. The molecule has 3 heteroatoms. The second kappa shape index (κ2) is 8.71. The van der Waals surface area contributed by atoms with Gasteiger partial charge in [-0.05, 0) is 19.4 Å². The summed E-state index contributed by atoms with van der Waals surface area (Å²) in [5, 5.41) is 9.94. The van der Waals surface area contributed by atoms with E-state index in [1.165, 1.54) is 5.56 Å². The lowest BCUT2D eigenvalue weighted by atomic mass is 10.1. The average molecular weight is 261 g/mol. The van der Waals surface area contributed by atoms with Crippen molar-refractivity contribution in [2.75, 3.05) is 19.8 Å². The molecule has 0 aliphatic heterocycles. The van der Waals surface area contributed by atoms with E-state index in [-0.39, 0.29) is 13.2 Å². The molecule has 1 N–H and O–H groups in total. The number of hydrogen-bond acceptors (Lipinski definition) is 3. The van der Waals surface area contributed by atoms with Gasteiger partial charge in [0, 0.05) is 19.1 Å². The first-order chi connectivity index (χ1) is 9.13. The first-order valence-corrected chi connectivity index (χ1v) is 6.60. The maximum atomic E-state index is 9.94. The number of aliphatic hydroxyl groups excluding tert-OH is 1. The largest absolute Gasteiger partial charge is 0.389 e. The third-order valence-electron chi connectivity index (χ3n) is 2.90. The summed E-state index contributed by atoms with van der Waals surface area (Å²) in [6.45, 7) is 6.18. The summed E-state index contributed by atoms with van der Waals surface area (Å²) >= 11 is 0. The molecule has 0 radical (unpaired) electrons. The highest BCUT2D eigenvalue weighted by molar-refractivity contribution is 5.14. The van der Waals surface area contributed by atoms with Gasteiger partial charge in [-0.2, -0.15) is 0 Å². The average Bonchev–Trinajstić information content (AvgIpc) is 2.39. The highest BCUT2D eigenvalue weighted by atomic mass is 16.5. The Kier molecular flexibility index (Phi) is 7.20. The van der Waals surface area contributed by atoms with Gasteiger partial charge in [-0.1, -0.05) is 36.3 Å². The fourth-order valence-corrected chi connectivity index (χ4v) is 1.85. The van der Waals surface area contributed by atoms with Crippen LogP contribution in [-0.2, 0) is 11.3 Å². The quantitative estimate of drug-likeness (QED) is 0.573. The SMILES string of the molecule is C#CCOC[C@H](O)CN(Cc1ccccc1)C(C)C. The standard InChI is InChI=1S/C16H23NO2/c1-4-10-19-13-16(18)12-17(14(2)3)11-15-8-6-5-7-9-15/h1,5-9,14,16,18H,10-13H2,2-3H3/t16-/m1/s1. The second-order valence-electron chi connectivity index (χ2n) is 4.88. The van der Waals surface area contributed by atoms with Gasteiger partial charge in [-0.3, -0.25) is 4.90 Å². The maximum absolute atomic E-state index is 9.94. The summed E-state index contributed by atoms with van der Waals surface area (Å²) in [7, 11) is 0. The van der Waals surface area contributed by atoms with Crippen LogP contribution in [-0.4, -0.2) is 41.9 Å². The van der Waals surface area contributed by atoms with Gasteiger partial charge in [0.1, 0.15) is 6.61 Å². The predicted octanol–water partition coefficient (Wildman–Crippen LogP) is 1.91. The molecule has 0 saturated heterocycles. The van der Waals surface area contributed by atoms with Crippen LogP contribution in [0.4, 0.5) is 0 Å². The summed E-state index contributed by atoms with van der Waals surface area (Å²) in [6, 6.07) is 10.6. The van der Waals surface area contributed by atoms with Crippen LogP contribution in [0.1, 0.15) is 19.4 Å². The Morgan fingerprint density at radius 3 is 2.58 bits per heavy atom. The van der Waals surface area contributed by atoms with Crippen LogP contribution in [0.5, 0.6) is 0 Å². The molecule has 0 spiro atoms. The smallest absolute Gasteiger partial charge is 0.107 e. The van der Waals surface area contributed by atoms with Crippen LogP contribution < -0.4 is 0 Å².